The molecule has 6 atom stereocenters. The summed E-state index contributed by atoms with van der Waals surface area (Å²) in [6, 6.07) is 0.955. The van der Waals surface area contributed by atoms with Gasteiger partial charge in [-0.2, -0.15) is 13.2 Å². The lowest BCUT2D eigenvalue weighted by Gasteiger charge is -2.59. The van der Waals surface area contributed by atoms with Crippen LogP contribution >= 0.6 is 31.9 Å². The van der Waals surface area contributed by atoms with E-state index in [2.05, 4.69) is 51.0 Å². The summed E-state index contributed by atoms with van der Waals surface area (Å²) in [7, 11) is 0. The van der Waals surface area contributed by atoms with Gasteiger partial charge in [0, 0.05) is 20.4 Å². The number of amides is 3. The number of hydrogen-bond donors (Lipinski definition) is 1. The lowest BCUT2D eigenvalue weighted by atomic mass is 9.48. The predicted octanol–water partition coefficient (Wildman–Crippen LogP) is 8.16. The molecule has 5 rings (SSSR count). The highest BCUT2D eigenvalue weighted by atomic mass is 79.9. The normalized spacial score (nSPS) is 36.4. The van der Waals surface area contributed by atoms with E-state index < -0.39 is 23.7 Å². The molecular formula is C26H29Br2F3N2O2. The summed E-state index contributed by atoms with van der Waals surface area (Å²) in [4.78, 5) is 27.5. The number of fused-ring (bicyclic) bond motifs is 5. The molecule has 1 heterocycles. The molecule has 3 fully saturated rings. The van der Waals surface area contributed by atoms with Gasteiger partial charge in [0.1, 0.15) is 0 Å². The van der Waals surface area contributed by atoms with Gasteiger partial charge in [0.15, 0.2) is 0 Å². The maximum Gasteiger partial charge on any atom is 0.418 e. The second kappa shape index (κ2) is 8.61. The van der Waals surface area contributed by atoms with Crippen molar-refractivity contribution in [3.05, 3.63) is 38.8 Å². The van der Waals surface area contributed by atoms with Gasteiger partial charge in [-0.15, -0.1) is 0 Å². The Kier molecular flexibility index (Phi) is 6.22. The van der Waals surface area contributed by atoms with Gasteiger partial charge in [-0.05, 0) is 106 Å². The van der Waals surface area contributed by atoms with Crippen LogP contribution < -0.4 is 5.32 Å². The van der Waals surface area contributed by atoms with Gasteiger partial charge in [0.05, 0.1) is 17.3 Å². The Balaban J connectivity index is 1.45. The summed E-state index contributed by atoms with van der Waals surface area (Å²) >= 11 is 6.32. The average Bonchev–Trinajstić information content (AvgIpc) is 3.17. The van der Waals surface area contributed by atoms with E-state index in [9.17, 15) is 22.8 Å². The molecule has 0 aromatic heterocycles. The van der Waals surface area contributed by atoms with Crippen molar-refractivity contribution in [3.8, 4) is 0 Å². The van der Waals surface area contributed by atoms with E-state index in [1.165, 1.54) is 36.3 Å². The number of anilines is 1. The van der Waals surface area contributed by atoms with Crippen LogP contribution in [0.3, 0.4) is 0 Å². The Bertz CT molecular complexity index is 1110. The fourth-order valence-corrected chi connectivity index (χ4v) is 8.48. The third-order valence-electron chi connectivity index (χ3n) is 9.47. The first-order valence-electron chi connectivity index (χ1n) is 12.2. The topological polar surface area (TPSA) is 49.4 Å². The van der Waals surface area contributed by atoms with Crippen LogP contribution in [0.2, 0.25) is 0 Å². The van der Waals surface area contributed by atoms with Crippen molar-refractivity contribution in [2.24, 2.45) is 28.6 Å². The molecule has 190 valence electrons. The second-order valence-corrected chi connectivity index (χ2v) is 12.9. The summed E-state index contributed by atoms with van der Waals surface area (Å²) in [6.45, 7) is 4.55. The van der Waals surface area contributed by atoms with Crippen LogP contribution in [0, 0.1) is 28.6 Å². The first-order valence-corrected chi connectivity index (χ1v) is 13.8. The number of halogens is 5. The first-order chi connectivity index (χ1) is 16.3. The van der Waals surface area contributed by atoms with E-state index in [1.54, 1.807) is 0 Å². The molecule has 35 heavy (non-hydrogen) atoms. The Morgan fingerprint density at radius 1 is 1.06 bits per heavy atom. The lowest BCUT2D eigenvalue weighted by Crippen LogP contribution is -2.62. The fraction of sp³-hybridized carbons (Fsp3) is 0.615. The van der Waals surface area contributed by atoms with Gasteiger partial charge in [-0.1, -0.05) is 26.3 Å². The highest BCUT2D eigenvalue weighted by molar-refractivity contribution is 9.13. The monoisotopic (exact) mass is 616 g/mol. The molecule has 4 nitrogen and oxygen atoms in total. The number of hydrogen-bond acceptors (Lipinski definition) is 2. The predicted molar refractivity (Wildman–Crippen MR) is 135 cm³/mol. The van der Waals surface area contributed by atoms with Crippen LogP contribution in [-0.2, 0) is 11.0 Å². The van der Waals surface area contributed by atoms with Crippen LogP contribution in [0.25, 0.3) is 0 Å². The van der Waals surface area contributed by atoms with E-state index in [1.807, 2.05) is 6.08 Å². The molecule has 1 N–H and O–H groups in total. The summed E-state index contributed by atoms with van der Waals surface area (Å²) in [5.74, 6) is 1.10. The molecule has 0 bridgehead atoms. The number of rotatable bonds is 1. The maximum absolute atomic E-state index is 13.7. The molecule has 3 amide bonds. The van der Waals surface area contributed by atoms with Crippen LogP contribution in [0.15, 0.2) is 33.2 Å². The number of benzene rings is 1. The Hall–Kier alpha value is -1.35. The van der Waals surface area contributed by atoms with Crippen molar-refractivity contribution >= 4 is 49.5 Å². The fourth-order valence-electron chi connectivity index (χ4n) is 7.79. The molecule has 0 unspecified atom stereocenters. The van der Waals surface area contributed by atoms with Gasteiger partial charge in [0.25, 0.3) is 5.91 Å². The Morgan fingerprint density at radius 2 is 1.77 bits per heavy atom. The third kappa shape index (κ3) is 4.09. The number of imide groups is 1. The smallest absolute Gasteiger partial charge is 0.307 e. The standard InChI is InChI=1S/C26H29Br2F3N2O2/c1-24-9-3-4-15(24)14-5-6-21-25(2,16(14)7-10-24)11-8-22(34)33(21)23(35)32-20-13-19(28)18(27)12-17(20)26(29,30)31/h8,11-16,21H,3-7,9-10H2,1-2H3,(H,32,35)/t14-,15-,16-,21+,24-,25+/m0/s1. The Labute approximate surface area is 220 Å². The zero-order chi connectivity index (χ0) is 25.3. The number of nitrogens with one attached hydrogen (secondary N) is 1. The van der Waals surface area contributed by atoms with E-state index in [0.29, 0.717) is 34.1 Å². The van der Waals surface area contributed by atoms with Crippen molar-refractivity contribution in [2.75, 3.05) is 5.32 Å². The molecular weight excluding hydrogens is 589 g/mol. The van der Waals surface area contributed by atoms with Crippen molar-refractivity contribution in [1.82, 2.24) is 4.90 Å². The minimum absolute atomic E-state index is 0.224. The molecule has 1 aromatic carbocycles. The maximum atomic E-state index is 13.7. The van der Waals surface area contributed by atoms with Gasteiger partial charge in [-0.25, -0.2) is 4.79 Å². The Morgan fingerprint density at radius 3 is 2.49 bits per heavy atom. The van der Waals surface area contributed by atoms with Crippen molar-refractivity contribution < 1.29 is 22.8 Å². The van der Waals surface area contributed by atoms with Crippen molar-refractivity contribution in [2.45, 2.75) is 71.0 Å². The number of urea groups is 1. The summed E-state index contributed by atoms with van der Waals surface area (Å²) in [5, 5.41) is 2.41. The molecule has 1 aliphatic heterocycles. The SMILES string of the molecule is C[C@@]12CCC[C@H]1[C@@H]1CC[C@H]3N(C(=O)Nc4cc(Br)c(Br)cc4C(F)(F)F)C(=O)C=C[C@]3(C)[C@H]1CC2. The third-order valence-corrected chi connectivity index (χ3v) is 11.3. The molecule has 0 spiro atoms. The largest absolute Gasteiger partial charge is 0.418 e. The highest BCUT2D eigenvalue weighted by Crippen LogP contribution is 2.64. The second-order valence-electron chi connectivity index (χ2n) is 11.2. The quantitative estimate of drug-likeness (QED) is 0.346. The molecule has 3 aliphatic carbocycles. The van der Waals surface area contributed by atoms with E-state index >= 15 is 0 Å². The zero-order valence-corrected chi connectivity index (χ0v) is 22.9. The molecule has 9 heteroatoms. The van der Waals surface area contributed by atoms with E-state index in [4.69, 9.17) is 0 Å². The van der Waals surface area contributed by atoms with Crippen LogP contribution in [0.5, 0.6) is 0 Å². The first kappa shape index (κ1) is 25.3. The van der Waals surface area contributed by atoms with Crippen LogP contribution in [0.1, 0.15) is 64.4 Å². The van der Waals surface area contributed by atoms with Gasteiger partial charge < -0.3 is 5.32 Å². The number of carbonyl (C=O) groups excluding carboxylic acids is 2. The van der Waals surface area contributed by atoms with Gasteiger partial charge in [0.2, 0.25) is 0 Å². The lowest BCUT2D eigenvalue weighted by molar-refractivity contribution is -0.137. The van der Waals surface area contributed by atoms with E-state index in [-0.39, 0.29) is 21.6 Å². The summed E-state index contributed by atoms with van der Waals surface area (Å²) in [5.41, 5.74) is -1.35. The number of alkyl halides is 3. The molecule has 3 saturated carbocycles. The van der Waals surface area contributed by atoms with E-state index in [0.717, 1.165) is 25.3 Å². The van der Waals surface area contributed by atoms with Gasteiger partial charge in [-0.3, -0.25) is 9.69 Å². The highest BCUT2D eigenvalue weighted by Gasteiger charge is 2.59. The minimum atomic E-state index is -4.67. The number of carbonyl (C=O) groups is 2. The average molecular weight is 618 g/mol. The van der Waals surface area contributed by atoms with Crippen molar-refractivity contribution in [1.29, 1.82) is 0 Å². The zero-order valence-electron chi connectivity index (χ0n) is 19.7. The summed E-state index contributed by atoms with van der Waals surface area (Å²) < 4.78 is 41.7. The molecule has 0 saturated heterocycles. The van der Waals surface area contributed by atoms with Crippen LogP contribution in [-0.4, -0.2) is 22.9 Å². The molecule has 0 radical (unpaired) electrons. The van der Waals surface area contributed by atoms with Crippen molar-refractivity contribution in [3.63, 3.8) is 0 Å². The minimum Gasteiger partial charge on any atom is -0.307 e. The van der Waals surface area contributed by atoms with Gasteiger partial charge >= 0.3 is 12.2 Å². The molecule has 4 aliphatic rings. The summed E-state index contributed by atoms with van der Waals surface area (Å²) in [6.07, 6.45) is 6.35. The molecule has 1 aromatic rings. The number of nitrogens with zero attached hydrogens (tertiary/aromatic N) is 1. The van der Waals surface area contributed by atoms with Crippen LogP contribution in [0.4, 0.5) is 23.7 Å².